The molecule has 18 heavy (non-hydrogen) atoms. The molecule has 1 aliphatic rings. The van der Waals surface area contributed by atoms with Crippen LogP contribution in [0.1, 0.15) is 48.7 Å². The molecule has 1 heterocycles. The maximum atomic E-state index is 12.1. The van der Waals surface area contributed by atoms with Crippen LogP contribution in [0.4, 0.5) is 0 Å². The first-order chi connectivity index (χ1) is 8.30. The highest BCUT2D eigenvalue weighted by molar-refractivity contribution is 6.01. The monoisotopic (exact) mass is 246 g/mol. The predicted molar refractivity (Wildman–Crippen MR) is 69.2 cm³/mol. The van der Waals surface area contributed by atoms with E-state index in [-0.39, 0.29) is 11.6 Å². The van der Waals surface area contributed by atoms with Gasteiger partial charge in [-0.2, -0.15) is 0 Å². The lowest BCUT2D eigenvalue weighted by molar-refractivity contribution is -0.116. The molecule has 1 aromatic rings. The van der Waals surface area contributed by atoms with Gasteiger partial charge in [-0.05, 0) is 39.3 Å². The van der Waals surface area contributed by atoms with Gasteiger partial charge < -0.3 is 4.74 Å². The lowest BCUT2D eigenvalue weighted by Crippen LogP contribution is -2.36. The summed E-state index contributed by atoms with van der Waals surface area (Å²) in [4.78, 5) is 23.4. The van der Waals surface area contributed by atoms with Crippen molar-refractivity contribution in [3.8, 4) is 5.75 Å². The minimum absolute atomic E-state index is 0.0749. The molecule has 1 aliphatic heterocycles. The van der Waals surface area contributed by atoms with Crippen molar-refractivity contribution in [2.75, 3.05) is 0 Å². The van der Waals surface area contributed by atoms with Gasteiger partial charge in [0, 0.05) is 12.0 Å². The number of aryl methyl sites for hydroxylation is 1. The molecule has 1 aromatic carbocycles. The molecule has 0 saturated carbocycles. The SMILES string of the molecule is CC(=O)Cc1c(C)ccc2c1OC(C)(C)CC2=O. The molecular weight excluding hydrogens is 228 g/mol. The van der Waals surface area contributed by atoms with Crippen LogP contribution in [0, 0.1) is 6.92 Å². The number of ketones is 2. The zero-order valence-electron chi connectivity index (χ0n) is 11.3. The molecule has 0 fully saturated rings. The molecule has 0 saturated heterocycles. The Hall–Kier alpha value is -1.64. The summed E-state index contributed by atoms with van der Waals surface area (Å²) in [6, 6.07) is 3.68. The maximum Gasteiger partial charge on any atom is 0.170 e. The molecule has 0 spiro atoms. The van der Waals surface area contributed by atoms with Gasteiger partial charge in [0.25, 0.3) is 0 Å². The summed E-state index contributed by atoms with van der Waals surface area (Å²) in [5, 5.41) is 0. The average Bonchev–Trinajstić information content (AvgIpc) is 2.20. The largest absolute Gasteiger partial charge is 0.486 e. The highest BCUT2D eigenvalue weighted by Crippen LogP contribution is 2.37. The number of fused-ring (bicyclic) bond motifs is 1. The van der Waals surface area contributed by atoms with E-state index in [1.165, 1.54) is 0 Å². The van der Waals surface area contributed by atoms with Crippen molar-refractivity contribution in [2.24, 2.45) is 0 Å². The van der Waals surface area contributed by atoms with Crippen LogP contribution < -0.4 is 4.74 Å². The van der Waals surface area contributed by atoms with Crippen molar-refractivity contribution in [1.82, 2.24) is 0 Å². The van der Waals surface area contributed by atoms with Gasteiger partial charge in [0.05, 0.1) is 12.0 Å². The Morgan fingerprint density at radius 2 is 2.06 bits per heavy atom. The first-order valence-corrected chi connectivity index (χ1v) is 6.14. The molecule has 0 N–H and O–H groups in total. The summed E-state index contributed by atoms with van der Waals surface area (Å²) in [6.45, 7) is 7.28. The molecule has 96 valence electrons. The van der Waals surface area contributed by atoms with Crippen LogP contribution in [-0.4, -0.2) is 17.2 Å². The fraction of sp³-hybridized carbons (Fsp3) is 0.467. The fourth-order valence-corrected chi connectivity index (χ4v) is 2.33. The van der Waals surface area contributed by atoms with Crippen LogP contribution in [0.2, 0.25) is 0 Å². The van der Waals surface area contributed by atoms with E-state index in [1.807, 2.05) is 26.8 Å². The first kappa shape index (κ1) is 12.8. The van der Waals surface area contributed by atoms with Crippen LogP contribution in [-0.2, 0) is 11.2 Å². The van der Waals surface area contributed by atoms with E-state index in [0.717, 1.165) is 11.1 Å². The van der Waals surface area contributed by atoms with Crippen LogP contribution >= 0.6 is 0 Å². The second-order valence-electron chi connectivity index (χ2n) is 5.58. The van der Waals surface area contributed by atoms with Gasteiger partial charge in [0.15, 0.2) is 5.78 Å². The van der Waals surface area contributed by atoms with E-state index in [0.29, 0.717) is 24.2 Å². The molecule has 0 amide bonds. The highest BCUT2D eigenvalue weighted by Gasteiger charge is 2.34. The standard InChI is InChI=1S/C15H18O3/c1-9-5-6-11-13(17)8-15(3,4)18-14(11)12(9)7-10(2)16/h5-6H,7-8H2,1-4H3. The van der Waals surface area contributed by atoms with Crippen molar-refractivity contribution in [1.29, 1.82) is 0 Å². The molecule has 0 unspecified atom stereocenters. The molecule has 0 atom stereocenters. The summed E-state index contributed by atoms with van der Waals surface area (Å²) in [5.74, 6) is 0.767. The normalized spacial score (nSPS) is 17.0. The zero-order valence-corrected chi connectivity index (χ0v) is 11.3. The van der Waals surface area contributed by atoms with Gasteiger partial charge in [0.1, 0.15) is 17.1 Å². The van der Waals surface area contributed by atoms with E-state index in [1.54, 1.807) is 13.0 Å². The third kappa shape index (κ3) is 2.30. The minimum atomic E-state index is -0.497. The van der Waals surface area contributed by atoms with Gasteiger partial charge >= 0.3 is 0 Å². The number of carbonyl (C=O) groups is 2. The molecular formula is C15H18O3. The summed E-state index contributed by atoms with van der Waals surface area (Å²) in [7, 11) is 0. The fourth-order valence-electron chi connectivity index (χ4n) is 2.33. The Bertz CT molecular complexity index is 527. The highest BCUT2D eigenvalue weighted by atomic mass is 16.5. The Morgan fingerprint density at radius 3 is 2.67 bits per heavy atom. The van der Waals surface area contributed by atoms with Gasteiger partial charge in [-0.3, -0.25) is 9.59 Å². The van der Waals surface area contributed by atoms with Crippen LogP contribution in [0.3, 0.4) is 0 Å². The third-order valence-electron chi connectivity index (χ3n) is 3.19. The minimum Gasteiger partial charge on any atom is -0.486 e. The van der Waals surface area contributed by atoms with Crippen molar-refractivity contribution < 1.29 is 14.3 Å². The second-order valence-corrected chi connectivity index (χ2v) is 5.58. The molecule has 0 bridgehead atoms. The predicted octanol–water partition coefficient (Wildman–Crippen LogP) is 2.87. The molecule has 0 aromatic heterocycles. The summed E-state index contributed by atoms with van der Waals surface area (Å²) in [5.41, 5.74) is 1.95. The number of hydrogen-bond donors (Lipinski definition) is 0. The number of ether oxygens (including phenoxy) is 1. The van der Waals surface area contributed by atoms with Crippen molar-refractivity contribution >= 4 is 11.6 Å². The van der Waals surface area contributed by atoms with Gasteiger partial charge in [-0.15, -0.1) is 0 Å². The smallest absolute Gasteiger partial charge is 0.170 e. The Balaban J connectivity index is 2.58. The van der Waals surface area contributed by atoms with Gasteiger partial charge in [0.2, 0.25) is 0 Å². The van der Waals surface area contributed by atoms with Gasteiger partial charge in [-0.25, -0.2) is 0 Å². The molecule has 3 heteroatoms. The summed E-state index contributed by atoms with van der Waals surface area (Å²) < 4.78 is 5.93. The van der Waals surface area contributed by atoms with E-state index < -0.39 is 5.60 Å². The lowest BCUT2D eigenvalue weighted by Gasteiger charge is -2.33. The van der Waals surface area contributed by atoms with Gasteiger partial charge in [-0.1, -0.05) is 6.07 Å². The van der Waals surface area contributed by atoms with Crippen LogP contribution in [0.15, 0.2) is 12.1 Å². The molecule has 2 rings (SSSR count). The maximum absolute atomic E-state index is 12.1. The number of carbonyl (C=O) groups excluding carboxylic acids is 2. The third-order valence-corrected chi connectivity index (χ3v) is 3.19. The first-order valence-electron chi connectivity index (χ1n) is 6.14. The summed E-state index contributed by atoms with van der Waals surface area (Å²) >= 11 is 0. The topological polar surface area (TPSA) is 43.4 Å². The number of rotatable bonds is 2. The van der Waals surface area contributed by atoms with E-state index in [2.05, 4.69) is 0 Å². The quantitative estimate of drug-likeness (QED) is 0.806. The molecule has 0 radical (unpaired) electrons. The summed E-state index contributed by atoms with van der Waals surface area (Å²) in [6.07, 6.45) is 0.695. The number of hydrogen-bond acceptors (Lipinski definition) is 3. The molecule has 0 aliphatic carbocycles. The van der Waals surface area contributed by atoms with Crippen molar-refractivity contribution in [3.05, 3.63) is 28.8 Å². The Labute approximate surface area is 107 Å². The van der Waals surface area contributed by atoms with E-state index in [9.17, 15) is 9.59 Å². The van der Waals surface area contributed by atoms with Crippen LogP contribution in [0.5, 0.6) is 5.75 Å². The number of benzene rings is 1. The average molecular weight is 246 g/mol. The second kappa shape index (κ2) is 4.23. The molecule has 3 nitrogen and oxygen atoms in total. The van der Waals surface area contributed by atoms with Crippen LogP contribution in [0.25, 0.3) is 0 Å². The Kier molecular flexibility index (Phi) is 3.01. The lowest BCUT2D eigenvalue weighted by atomic mass is 9.89. The number of Topliss-reactive ketones (excluding diaryl/α,β-unsaturated/α-hetero) is 2. The zero-order chi connectivity index (χ0) is 13.5. The van der Waals surface area contributed by atoms with E-state index >= 15 is 0 Å². The van der Waals surface area contributed by atoms with Crippen molar-refractivity contribution in [2.45, 2.75) is 46.1 Å². The van der Waals surface area contributed by atoms with E-state index in [4.69, 9.17) is 4.74 Å². The Morgan fingerprint density at radius 1 is 1.39 bits per heavy atom. The van der Waals surface area contributed by atoms with Crippen molar-refractivity contribution in [3.63, 3.8) is 0 Å².